The zero-order valence-electron chi connectivity index (χ0n) is 19.1. The van der Waals surface area contributed by atoms with Crippen molar-refractivity contribution in [1.82, 2.24) is 25.1 Å². The number of fused-ring (bicyclic) bond motifs is 1. The minimum atomic E-state index is -1.05. The molecular formula is C24H30ClN5O3. The van der Waals surface area contributed by atoms with Crippen LogP contribution in [0.4, 0.5) is 0 Å². The second kappa shape index (κ2) is 9.55. The third kappa shape index (κ3) is 4.49. The number of carbonyl (C=O) groups is 3. The van der Waals surface area contributed by atoms with Crippen molar-refractivity contribution in [2.75, 3.05) is 6.54 Å². The summed E-state index contributed by atoms with van der Waals surface area (Å²) in [4.78, 5) is 45.6. The van der Waals surface area contributed by atoms with Gasteiger partial charge in [0.2, 0.25) is 5.91 Å². The lowest BCUT2D eigenvalue weighted by atomic mass is 9.93. The number of rotatable bonds is 7. The van der Waals surface area contributed by atoms with Crippen molar-refractivity contribution in [2.24, 2.45) is 0 Å². The minimum Gasteiger partial charge on any atom is -0.351 e. The van der Waals surface area contributed by atoms with Gasteiger partial charge in [0.05, 0.1) is 12.9 Å². The lowest BCUT2D eigenvalue weighted by Crippen LogP contribution is -2.65. The van der Waals surface area contributed by atoms with Gasteiger partial charge in [-0.1, -0.05) is 49.6 Å². The lowest BCUT2D eigenvalue weighted by molar-refractivity contribution is -0.133. The van der Waals surface area contributed by atoms with Crippen LogP contribution in [0.1, 0.15) is 72.5 Å². The van der Waals surface area contributed by atoms with Gasteiger partial charge in [0.15, 0.2) is 5.69 Å². The Kier molecular flexibility index (Phi) is 6.74. The molecule has 2 aliphatic rings. The van der Waals surface area contributed by atoms with E-state index in [1.54, 1.807) is 22.5 Å². The Hall–Kier alpha value is -2.87. The van der Waals surface area contributed by atoms with Crippen LogP contribution in [0.15, 0.2) is 30.6 Å². The summed E-state index contributed by atoms with van der Waals surface area (Å²) in [5.74, 6) is -0.958. The summed E-state index contributed by atoms with van der Waals surface area (Å²) >= 11 is 6.18. The monoisotopic (exact) mass is 471 g/mol. The van der Waals surface area contributed by atoms with Crippen molar-refractivity contribution in [3.05, 3.63) is 52.6 Å². The molecule has 1 atom stereocenters. The van der Waals surface area contributed by atoms with Gasteiger partial charge in [0, 0.05) is 24.2 Å². The predicted molar refractivity (Wildman–Crippen MR) is 125 cm³/mol. The van der Waals surface area contributed by atoms with Gasteiger partial charge in [-0.25, -0.2) is 4.98 Å². The van der Waals surface area contributed by atoms with E-state index in [2.05, 4.69) is 15.6 Å². The number of hydrogen-bond acceptors (Lipinski definition) is 4. The number of benzene rings is 1. The summed E-state index contributed by atoms with van der Waals surface area (Å²) in [6.45, 7) is 4.65. The summed E-state index contributed by atoms with van der Waals surface area (Å²) in [5, 5.41) is 6.50. The van der Waals surface area contributed by atoms with Crippen LogP contribution >= 0.6 is 11.6 Å². The Morgan fingerprint density at radius 1 is 1.24 bits per heavy atom. The van der Waals surface area contributed by atoms with Gasteiger partial charge in [-0.2, -0.15) is 0 Å². The maximum Gasteiger partial charge on any atom is 0.273 e. The molecule has 1 aliphatic carbocycles. The van der Waals surface area contributed by atoms with Gasteiger partial charge in [0.25, 0.3) is 11.8 Å². The van der Waals surface area contributed by atoms with Crippen molar-refractivity contribution in [3.8, 4) is 0 Å². The summed E-state index contributed by atoms with van der Waals surface area (Å²) in [6.07, 6.45) is 6.32. The van der Waals surface area contributed by atoms with E-state index in [9.17, 15) is 14.4 Å². The largest absolute Gasteiger partial charge is 0.351 e. The number of hydrogen-bond donors (Lipinski definition) is 2. The molecule has 0 spiro atoms. The standard InChI is InChI=1S/C24H30ClN5O3/c1-3-12-30-22(32)20-19(21(31)26-13-16-8-4-7-11-18(16)25)27-15-29(20)14-24(30,2)23(33)28-17-9-5-6-10-17/h4,7-8,11,15,17H,3,5-6,9-10,12-14H2,1-2H3,(H,26,31)(H,28,33). The topological polar surface area (TPSA) is 96.3 Å². The highest BCUT2D eigenvalue weighted by molar-refractivity contribution is 6.31. The molecule has 2 aromatic rings. The van der Waals surface area contributed by atoms with Crippen molar-refractivity contribution < 1.29 is 14.4 Å². The van der Waals surface area contributed by atoms with Crippen molar-refractivity contribution >= 4 is 29.3 Å². The zero-order valence-corrected chi connectivity index (χ0v) is 19.8. The highest BCUT2D eigenvalue weighted by atomic mass is 35.5. The van der Waals surface area contributed by atoms with Crippen LogP contribution in [0.5, 0.6) is 0 Å². The molecule has 0 radical (unpaired) electrons. The second-order valence-corrected chi connectivity index (χ2v) is 9.44. The molecule has 2 heterocycles. The molecule has 9 heteroatoms. The van der Waals surface area contributed by atoms with E-state index in [1.807, 2.05) is 25.1 Å². The van der Waals surface area contributed by atoms with E-state index in [4.69, 9.17) is 11.6 Å². The first-order valence-corrected chi connectivity index (χ1v) is 11.9. The quantitative estimate of drug-likeness (QED) is 0.648. The molecule has 33 heavy (non-hydrogen) atoms. The second-order valence-electron chi connectivity index (χ2n) is 9.03. The predicted octanol–water partition coefficient (Wildman–Crippen LogP) is 3.15. The minimum absolute atomic E-state index is 0.0615. The molecule has 3 amide bonds. The molecule has 0 bridgehead atoms. The van der Waals surface area contributed by atoms with Crippen LogP contribution in [-0.2, 0) is 17.9 Å². The van der Waals surface area contributed by atoms with Gasteiger partial charge in [-0.15, -0.1) is 0 Å². The molecule has 1 aromatic heterocycles. The molecule has 1 unspecified atom stereocenters. The van der Waals surface area contributed by atoms with Crippen LogP contribution in [0, 0.1) is 0 Å². The SMILES string of the molecule is CCCN1C(=O)c2c(C(=O)NCc3ccccc3Cl)ncn2CC1(C)C(=O)NC1CCCC1. The highest BCUT2D eigenvalue weighted by Gasteiger charge is 2.48. The van der Waals surface area contributed by atoms with Gasteiger partial charge in [0.1, 0.15) is 11.2 Å². The van der Waals surface area contributed by atoms with Gasteiger partial charge < -0.3 is 20.1 Å². The average molecular weight is 472 g/mol. The first-order chi connectivity index (χ1) is 15.8. The Labute approximate surface area is 198 Å². The molecule has 4 rings (SSSR count). The Morgan fingerprint density at radius 3 is 2.67 bits per heavy atom. The number of imidazole rings is 1. The number of nitrogens with one attached hydrogen (secondary N) is 2. The molecule has 2 N–H and O–H groups in total. The Bertz CT molecular complexity index is 1060. The van der Waals surface area contributed by atoms with E-state index in [0.717, 1.165) is 31.2 Å². The van der Waals surface area contributed by atoms with E-state index in [1.165, 1.54) is 6.33 Å². The highest BCUT2D eigenvalue weighted by Crippen LogP contribution is 2.30. The van der Waals surface area contributed by atoms with Crippen LogP contribution in [0.25, 0.3) is 0 Å². The van der Waals surface area contributed by atoms with Crippen LogP contribution in [0.3, 0.4) is 0 Å². The molecule has 176 valence electrons. The number of carbonyl (C=O) groups excluding carboxylic acids is 3. The molecule has 1 saturated carbocycles. The fourth-order valence-corrected chi connectivity index (χ4v) is 4.94. The van der Waals surface area contributed by atoms with Crippen molar-refractivity contribution in [3.63, 3.8) is 0 Å². The maximum atomic E-state index is 13.6. The molecule has 1 fully saturated rings. The summed E-state index contributed by atoms with van der Waals surface area (Å²) in [5.41, 5.74) is 0.00246. The normalized spacial score (nSPS) is 20.6. The molecular weight excluding hydrogens is 442 g/mol. The maximum absolute atomic E-state index is 13.6. The fourth-order valence-electron chi connectivity index (χ4n) is 4.74. The first-order valence-electron chi connectivity index (χ1n) is 11.5. The van der Waals surface area contributed by atoms with Crippen LogP contribution in [-0.4, -0.2) is 50.3 Å². The Balaban J connectivity index is 1.57. The van der Waals surface area contributed by atoms with E-state index < -0.39 is 11.4 Å². The smallest absolute Gasteiger partial charge is 0.273 e. The molecule has 1 aliphatic heterocycles. The first kappa shape index (κ1) is 23.3. The number of amides is 3. The number of nitrogens with zero attached hydrogens (tertiary/aromatic N) is 3. The number of halogens is 1. The van der Waals surface area contributed by atoms with Gasteiger partial charge in [-0.3, -0.25) is 14.4 Å². The average Bonchev–Trinajstić information content (AvgIpc) is 3.45. The fraction of sp³-hybridized carbons (Fsp3) is 0.500. The summed E-state index contributed by atoms with van der Waals surface area (Å²) in [6, 6.07) is 7.40. The van der Waals surface area contributed by atoms with Gasteiger partial charge in [-0.05, 0) is 37.8 Å². The summed E-state index contributed by atoms with van der Waals surface area (Å²) < 4.78 is 1.63. The zero-order chi connectivity index (χ0) is 23.6. The third-order valence-electron chi connectivity index (χ3n) is 6.60. The van der Waals surface area contributed by atoms with E-state index in [-0.39, 0.29) is 42.3 Å². The Morgan fingerprint density at radius 2 is 1.97 bits per heavy atom. The van der Waals surface area contributed by atoms with Crippen LogP contribution < -0.4 is 10.6 Å². The third-order valence-corrected chi connectivity index (χ3v) is 6.97. The van der Waals surface area contributed by atoms with E-state index in [0.29, 0.717) is 18.0 Å². The summed E-state index contributed by atoms with van der Waals surface area (Å²) in [7, 11) is 0. The van der Waals surface area contributed by atoms with Crippen molar-refractivity contribution in [2.45, 2.75) is 70.6 Å². The lowest BCUT2D eigenvalue weighted by Gasteiger charge is -2.44. The number of aromatic nitrogens is 2. The van der Waals surface area contributed by atoms with Gasteiger partial charge >= 0.3 is 0 Å². The van der Waals surface area contributed by atoms with E-state index >= 15 is 0 Å². The van der Waals surface area contributed by atoms with Crippen molar-refractivity contribution in [1.29, 1.82) is 0 Å². The molecule has 8 nitrogen and oxygen atoms in total. The van der Waals surface area contributed by atoms with Crippen LogP contribution in [0.2, 0.25) is 5.02 Å². The molecule has 1 aromatic carbocycles. The molecule has 0 saturated heterocycles.